The van der Waals surface area contributed by atoms with Crippen LogP contribution in [0.1, 0.15) is 41.6 Å². The predicted molar refractivity (Wildman–Crippen MR) is 129 cm³/mol. The van der Waals surface area contributed by atoms with Crippen molar-refractivity contribution >= 4 is 28.5 Å². The SMILES string of the molecule is COc1nn(C)c2nc(C)c(CCC(=O)NCC3(c4cccc(Cl)c4)CCOCC3)c(C)c12. The second-order valence-corrected chi connectivity index (χ2v) is 9.25. The third-order valence-corrected chi connectivity index (χ3v) is 7.06. The molecule has 8 heteroatoms. The molecule has 1 saturated heterocycles. The summed E-state index contributed by atoms with van der Waals surface area (Å²) in [5.41, 5.74) is 4.84. The molecule has 1 fully saturated rings. The molecule has 0 bridgehead atoms. The predicted octanol–water partition coefficient (Wildman–Crippen LogP) is 4.04. The van der Waals surface area contributed by atoms with E-state index >= 15 is 0 Å². The molecule has 0 spiro atoms. The van der Waals surface area contributed by atoms with Crippen LogP contribution in [-0.2, 0) is 28.4 Å². The largest absolute Gasteiger partial charge is 0.479 e. The maximum absolute atomic E-state index is 12.9. The van der Waals surface area contributed by atoms with E-state index in [9.17, 15) is 4.79 Å². The van der Waals surface area contributed by atoms with Crippen LogP contribution in [0.4, 0.5) is 0 Å². The van der Waals surface area contributed by atoms with Crippen LogP contribution in [0.5, 0.6) is 5.88 Å². The molecule has 2 aromatic heterocycles. The smallest absolute Gasteiger partial charge is 0.242 e. The number of benzene rings is 1. The summed E-state index contributed by atoms with van der Waals surface area (Å²) in [6.45, 7) is 5.96. The van der Waals surface area contributed by atoms with Crippen molar-refractivity contribution in [3.05, 3.63) is 51.7 Å². The number of nitrogens with zero attached hydrogens (tertiary/aromatic N) is 3. The first kappa shape index (κ1) is 23.5. The van der Waals surface area contributed by atoms with Gasteiger partial charge in [-0.25, -0.2) is 9.67 Å². The number of fused-ring (bicyclic) bond motifs is 1. The van der Waals surface area contributed by atoms with Crippen molar-refractivity contribution < 1.29 is 14.3 Å². The van der Waals surface area contributed by atoms with E-state index in [4.69, 9.17) is 26.1 Å². The molecule has 176 valence electrons. The highest BCUT2D eigenvalue weighted by Gasteiger charge is 2.35. The number of aromatic nitrogens is 3. The molecule has 1 amide bonds. The minimum atomic E-state index is -0.159. The molecule has 0 radical (unpaired) electrons. The number of halogens is 1. The van der Waals surface area contributed by atoms with Crippen molar-refractivity contribution in [2.45, 2.75) is 44.9 Å². The first-order valence-electron chi connectivity index (χ1n) is 11.3. The van der Waals surface area contributed by atoms with Crippen molar-refractivity contribution in [1.82, 2.24) is 20.1 Å². The molecular formula is C25H31ClN4O3. The lowest BCUT2D eigenvalue weighted by molar-refractivity contribution is -0.121. The summed E-state index contributed by atoms with van der Waals surface area (Å²) < 4.78 is 12.8. The number of aryl methyl sites for hydroxylation is 3. The highest BCUT2D eigenvalue weighted by atomic mass is 35.5. The summed E-state index contributed by atoms with van der Waals surface area (Å²) in [6.07, 6.45) is 2.71. The minimum Gasteiger partial charge on any atom is -0.479 e. The van der Waals surface area contributed by atoms with E-state index in [0.29, 0.717) is 43.5 Å². The van der Waals surface area contributed by atoms with Gasteiger partial charge < -0.3 is 14.8 Å². The van der Waals surface area contributed by atoms with Crippen LogP contribution in [0.2, 0.25) is 5.02 Å². The number of nitrogens with one attached hydrogen (secondary N) is 1. The molecule has 0 atom stereocenters. The number of carbonyl (C=O) groups is 1. The Morgan fingerprint density at radius 3 is 2.76 bits per heavy atom. The molecule has 4 rings (SSSR count). The van der Waals surface area contributed by atoms with Gasteiger partial charge in [-0.2, -0.15) is 0 Å². The first-order chi connectivity index (χ1) is 15.8. The Kier molecular flexibility index (Phi) is 6.91. The molecule has 7 nitrogen and oxygen atoms in total. The maximum Gasteiger partial charge on any atom is 0.242 e. The summed E-state index contributed by atoms with van der Waals surface area (Å²) in [7, 11) is 3.47. The summed E-state index contributed by atoms with van der Waals surface area (Å²) in [4.78, 5) is 17.6. The maximum atomic E-state index is 12.9. The number of carbonyl (C=O) groups excluding carboxylic acids is 1. The van der Waals surface area contributed by atoms with Crippen molar-refractivity contribution in [1.29, 1.82) is 0 Å². The van der Waals surface area contributed by atoms with E-state index in [1.807, 2.05) is 39.1 Å². The fourth-order valence-corrected chi connectivity index (χ4v) is 5.04. The Hall–Kier alpha value is -2.64. The van der Waals surface area contributed by atoms with Gasteiger partial charge in [0, 0.05) is 49.4 Å². The number of hydrogen-bond donors (Lipinski definition) is 1. The molecule has 0 saturated carbocycles. The van der Waals surface area contributed by atoms with E-state index < -0.39 is 0 Å². The Balaban J connectivity index is 1.47. The summed E-state index contributed by atoms with van der Waals surface area (Å²) in [5.74, 6) is 0.589. The molecule has 1 aliphatic heterocycles. The number of rotatable bonds is 7. The van der Waals surface area contributed by atoms with Gasteiger partial charge in [0.2, 0.25) is 11.8 Å². The van der Waals surface area contributed by atoms with Crippen molar-refractivity contribution in [2.75, 3.05) is 26.9 Å². The molecule has 0 unspecified atom stereocenters. The Morgan fingerprint density at radius 1 is 1.30 bits per heavy atom. The minimum absolute atomic E-state index is 0.0277. The van der Waals surface area contributed by atoms with Crippen molar-refractivity contribution in [3.63, 3.8) is 0 Å². The molecular weight excluding hydrogens is 440 g/mol. The van der Waals surface area contributed by atoms with E-state index in [1.165, 1.54) is 0 Å². The molecule has 1 aromatic carbocycles. The standard InChI is InChI=1S/C25H31ClN4O3/c1-16-20(17(2)28-23-22(16)24(32-4)29-30(23)3)8-9-21(31)27-15-25(10-12-33-13-11-25)18-6-5-7-19(26)14-18/h5-7,14H,8-13,15H2,1-4H3,(H,27,31). The molecule has 1 N–H and O–H groups in total. The van der Waals surface area contributed by atoms with Crippen molar-refractivity contribution in [2.24, 2.45) is 7.05 Å². The fraction of sp³-hybridized carbons (Fsp3) is 0.480. The topological polar surface area (TPSA) is 78.3 Å². The third-order valence-electron chi connectivity index (χ3n) is 6.83. The van der Waals surface area contributed by atoms with Gasteiger partial charge >= 0.3 is 0 Å². The van der Waals surface area contributed by atoms with E-state index in [-0.39, 0.29) is 11.3 Å². The highest BCUT2D eigenvalue weighted by molar-refractivity contribution is 6.30. The van der Waals surface area contributed by atoms with Crippen LogP contribution < -0.4 is 10.1 Å². The summed E-state index contributed by atoms with van der Waals surface area (Å²) in [5, 5.41) is 9.21. The average molecular weight is 471 g/mol. The van der Waals surface area contributed by atoms with Crippen LogP contribution in [-0.4, -0.2) is 47.5 Å². The van der Waals surface area contributed by atoms with Gasteiger partial charge in [-0.3, -0.25) is 4.79 Å². The third kappa shape index (κ3) is 4.70. The van der Waals surface area contributed by atoms with E-state index in [0.717, 1.165) is 46.3 Å². The van der Waals surface area contributed by atoms with Crippen LogP contribution in [0, 0.1) is 13.8 Å². The highest BCUT2D eigenvalue weighted by Crippen LogP contribution is 2.35. The fourth-order valence-electron chi connectivity index (χ4n) is 4.85. The zero-order valence-electron chi connectivity index (χ0n) is 19.7. The van der Waals surface area contributed by atoms with Gasteiger partial charge in [0.15, 0.2) is 5.65 Å². The average Bonchev–Trinajstić information content (AvgIpc) is 3.13. The van der Waals surface area contributed by atoms with Gasteiger partial charge in [-0.1, -0.05) is 23.7 Å². The zero-order chi connectivity index (χ0) is 23.6. The zero-order valence-corrected chi connectivity index (χ0v) is 20.5. The first-order valence-corrected chi connectivity index (χ1v) is 11.7. The molecule has 33 heavy (non-hydrogen) atoms. The lowest BCUT2D eigenvalue weighted by atomic mass is 9.74. The Labute approximate surface area is 199 Å². The van der Waals surface area contributed by atoms with E-state index in [1.54, 1.807) is 11.8 Å². The van der Waals surface area contributed by atoms with Crippen LogP contribution in [0.3, 0.4) is 0 Å². The van der Waals surface area contributed by atoms with Crippen LogP contribution in [0.25, 0.3) is 11.0 Å². The molecule has 3 aromatic rings. The Bertz CT molecular complexity index is 1170. The van der Waals surface area contributed by atoms with Crippen LogP contribution in [0.15, 0.2) is 24.3 Å². The van der Waals surface area contributed by atoms with Crippen molar-refractivity contribution in [3.8, 4) is 5.88 Å². The Morgan fingerprint density at radius 2 is 2.06 bits per heavy atom. The summed E-state index contributed by atoms with van der Waals surface area (Å²) in [6, 6.07) is 7.95. The number of methoxy groups -OCH3 is 1. The quantitative estimate of drug-likeness (QED) is 0.563. The molecule has 0 aliphatic carbocycles. The second-order valence-electron chi connectivity index (χ2n) is 8.81. The lowest BCUT2D eigenvalue weighted by Crippen LogP contribution is -2.44. The van der Waals surface area contributed by atoms with Gasteiger partial charge in [-0.05, 0) is 61.9 Å². The molecule has 1 aliphatic rings. The lowest BCUT2D eigenvalue weighted by Gasteiger charge is -2.38. The monoisotopic (exact) mass is 470 g/mol. The van der Waals surface area contributed by atoms with Gasteiger partial charge in [0.05, 0.1) is 12.5 Å². The van der Waals surface area contributed by atoms with Gasteiger partial charge in [0.25, 0.3) is 0 Å². The number of amides is 1. The van der Waals surface area contributed by atoms with E-state index in [2.05, 4.69) is 16.5 Å². The van der Waals surface area contributed by atoms with Gasteiger partial charge in [-0.15, -0.1) is 5.10 Å². The second kappa shape index (κ2) is 9.69. The van der Waals surface area contributed by atoms with Crippen LogP contribution >= 0.6 is 11.6 Å². The summed E-state index contributed by atoms with van der Waals surface area (Å²) >= 11 is 6.26. The number of pyridine rings is 1. The number of ether oxygens (including phenoxy) is 2. The molecule has 3 heterocycles. The van der Waals surface area contributed by atoms with Gasteiger partial charge in [0.1, 0.15) is 0 Å². The normalized spacial score (nSPS) is 15.5. The number of hydrogen-bond acceptors (Lipinski definition) is 5.